The molecule has 0 bridgehead atoms. The zero-order chi connectivity index (χ0) is 28.9. The highest BCUT2D eigenvalue weighted by atomic mass is 15.2. The minimum Gasteiger partial charge on any atom is -0.402 e. The summed E-state index contributed by atoms with van der Waals surface area (Å²) >= 11 is 0. The highest BCUT2D eigenvalue weighted by Gasteiger charge is 2.42. The molecule has 0 radical (unpaired) electrons. The molecule has 216 valence electrons. The van der Waals surface area contributed by atoms with E-state index in [0.29, 0.717) is 0 Å². The predicted octanol–water partition coefficient (Wildman–Crippen LogP) is 9.30. The molecule has 2 N–H and O–H groups in total. The van der Waals surface area contributed by atoms with Crippen LogP contribution in [0.3, 0.4) is 0 Å². The van der Waals surface area contributed by atoms with Crippen molar-refractivity contribution in [3.8, 4) is 0 Å². The predicted molar refractivity (Wildman–Crippen MR) is 174 cm³/mol. The average Bonchev–Trinajstić information content (AvgIpc) is 2.88. The van der Waals surface area contributed by atoms with Crippen LogP contribution in [0.25, 0.3) is 5.57 Å². The van der Waals surface area contributed by atoms with Gasteiger partial charge in [-0.05, 0) is 81.4 Å². The Kier molecular flexibility index (Phi) is 13.5. The average molecular weight is 532 g/mol. The van der Waals surface area contributed by atoms with Gasteiger partial charge in [0, 0.05) is 42.7 Å². The summed E-state index contributed by atoms with van der Waals surface area (Å²) in [4.78, 5) is 6.97. The van der Waals surface area contributed by atoms with Crippen LogP contribution >= 0.6 is 0 Å². The number of hydrogen-bond donors (Lipinski definition) is 1. The van der Waals surface area contributed by atoms with Gasteiger partial charge in [-0.25, -0.2) is 0 Å². The highest BCUT2D eigenvalue weighted by Crippen LogP contribution is 2.42. The molecule has 1 heterocycles. The van der Waals surface area contributed by atoms with E-state index >= 15 is 0 Å². The van der Waals surface area contributed by atoms with Gasteiger partial charge < -0.3 is 10.7 Å². The van der Waals surface area contributed by atoms with Gasteiger partial charge in [-0.3, -0.25) is 4.90 Å². The van der Waals surface area contributed by atoms with Crippen molar-refractivity contribution in [3.05, 3.63) is 77.0 Å². The van der Waals surface area contributed by atoms with E-state index < -0.39 is 0 Å². The quantitative estimate of drug-likeness (QED) is 0.151. The number of benzene rings is 1. The van der Waals surface area contributed by atoms with E-state index in [1.165, 1.54) is 40.7 Å². The van der Waals surface area contributed by atoms with Crippen LogP contribution in [-0.4, -0.2) is 37.8 Å². The molecule has 1 aromatic rings. The van der Waals surface area contributed by atoms with Crippen LogP contribution in [0.1, 0.15) is 104 Å². The number of aryl methyl sites for hydroxylation is 1. The number of nitrogens with zero attached hydrogens (tertiary/aromatic N) is 2. The lowest BCUT2D eigenvalue weighted by Crippen LogP contribution is -2.58. The smallest absolute Gasteiger partial charge is 0.0463 e. The third-order valence-corrected chi connectivity index (χ3v) is 8.82. The van der Waals surface area contributed by atoms with Crippen molar-refractivity contribution in [1.29, 1.82) is 0 Å². The number of aliphatic imine (C=N–C) groups is 1. The zero-order valence-corrected chi connectivity index (χ0v) is 26.1. The molecule has 1 saturated heterocycles. The molecule has 1 fully saturated rings. The van der Waals surface area contributed by atoms with Gasteiger partial charge in [-0.15, -0.1) is 0 Å². The largest absolute Gasteiger partial charge is 0.402 e. The summed E-state index contributed by atoms with van der Waals surface area (Å²) in [5.74, 6) is 0. The minimum atomic E-state index is 0.0826. The molecule has 1 aliphatic rings. The molecule has 0 aliphatic carbocycles. The van der Waals surface area contributed by atoms with Crippen LogP contribution < -0.4 is 5.73 Å². The highest BCUT2D eigenvalue weighted by molar-refractivity contribution is 5.71. The van der Waals surface area contributed by atoms with Crippen molar-refractivity contribution in [1.82, 2.24) is 4.90 Å². The van der Waals surface area contributed by atoms with E-state index in [1.807, 2.05) is 0 Å². The van der Waals surface area contributed by atoms with Crippen LogP contribution in [0, 0.1) is 17.8 Å². The summed E-state index contributed by atoms with van der Waals surface area (Å²) in [5.41, 5.74) is 14.5. The lowest BCUT2D eigenvalue weighted by atomic mass is 9.70. The molecule has 0 saturated carbocycles. The van der Waals surface area contributed by atoms with Crippen LogP contribution in [-0.2, 0) is 0 Å². The monoisotopic (exact) mass is 531 g/mol. The molecular weight excluding hydrogens is 474 g/mol. The van der Waals surface area contributed by atoms with Crippen LogP contribution in [0.15, 0.2) is 70.9 Å². The summed E-state index contributed by atoms with van der Waals surface area (Å²) in [7, 11) is 0. The summed E-state index contributed by atoms with van der Waals surface area (Å²) in [6.45, 7) is 25.4. The molecule has 1 aromatic carbocycles. The van der Waals surface area contributed by atoms with Gasteiger partial charge in [0.05, 0.1) is 0 Å². The van der Waals surface area contributed by atoms with Gasteiger partial charge in [0.1, 0.15) is 0 Å². The Balaban J connectivity index is 2.18. The van der Waals surface area contributed by atoms with E-state index in [0.717, 1.165) is 76.8 Å². The Labute approximate surface area is 241 Å². The fourth-order valence-corrected chi connectivity index (χ4v) is 6.69. The summed E-state index contributed by atoms with van der Waals surface area (Å²) < 4.78 is 0. The Bertz CT molecular complexity index is 1000. The van der Waals surface area contributed by atoms with Crippen LogP contribution in [0.5, 0.6) is 0 Å². The number of nitrogens with two attached hydrogens (primary N) is 1. The van der Waals surface area contributed by atoms with E-state index in [9.17, 15) is 0 Å². The second kappa shape index (κ2) is 16.0. The van der Waals surface area contributed by atoms with Gasteiger partial charge in [-0.1, -0.05) is 102 Å². The Morgan fingerprint density at radius 3 is 2.31 bits per heavy atom. The Morgan fingerprint density at radius 1 is 1.10 bits per heavy atom. The molecule has 1 unspecified atom stereocenters. The molecule has 0 aromatic heterocycles. The van der Waals surface area contributed by atoms with Crippen molar-refractivity contribution in [2.24, 2.45) is 21.6 Å². The molecule has 1 atom stereocenters. The minimum absolute atomic E-state index is 0.0826. The maximum Gasteiger partial charge on any atom is 0.0463 e. The lowest BCUT2D eigenvalue weighted by molar-refractivity contribution is 0.00527. The fourth-order valence-electron chi connectivity index (χ4n) is 6.69. The normalized spacial score (nSPS) is 17.9. The standard InChI is InChI=1S/C36H57N3/c1-9-15-31(24-33(16-10-2)34(12-4)32-19-17-29(6)18-20-32)25-39-27-35(28-39,26-38-8)22-14-23-36(13-5,21-11-3)30(7)37/h9,15,17-20,24H,7-8,10-14,16,21-23,25-28,37H2,1-6H3/b15-9+,31-24+,34-33+. The van der Waals surface area contributed by atoms with Crippen molar-refractivity contribution in [3.63, 3.8) is 0 Å². The second-order valence-corrected chi connectivity index (χ2v) is 12.0. The SMILES string of the molecule is C=NCC1(CCCC(CC)(CCC)C(=C)N)CN(CC(/C=C/C)=C/C(CCC)=C(\CC)c2ccc(C)cc2)C1. The van der Waals surface area contributed by atoms with E-state index in [4.69, 9.17) is 5.73 Å². The first-order valence-corrected chi connectivity index (χ1v) is 15.4. The second-order valence-electron chi connectivity index (χ2n) is 12.0. The van der Waals surface area contributed by atoms with Crippen LogP contribution in [0.2, 0.25) is 0 Å². The third kappa shape index (κ3) is 9.07. The molecule has 0 spiro atoms. The van der Waals surface area contributed by atoms with Gasteiger partial charge in [-0.2, -0.15) is 0 Å². The maximum absolute atomic E-state index is 6.32. The molecule has 1 aliphatic heterocycles. The number of hydrogen-bond acceptors (Lipinski definition) is 3. The molecular formula is C36H57N3. The van der Waals surface area contributed by atoms with Crippen LogP contribution in [0.4, 0.5) is 0 Å². The number of rotatable bonds is 18. The van der Waals surface area contributed by atoms with Gasteiger partial charge in [0.15, 0.2) is 0 Å². The zero-order valence-electron chi connectivity index (χ0n) is 26.1. The van der Waals surface area contributed by atoms with Crippen molar-refractivity contribution in [2.75, 3.05) is 26.2 Å². The maximum atomic E-state index is 6.32. The van der Waals surface area contributed by atoms with Crippen molar-refractivity contribution in [2.45, 2.75) is 99.3 Å². The van der Waals surface area contributed by atoms with E-state index in [-0.39, 0.29) is 10.8 Å². The summed E-state index contributed by atoms with van der Waals surface area (Å²) in [6.07, 6.45) is 17.1. The fraction of sp³-hybridized carbons (Fsp3) is 0.583. The first-order chi connectivity index (χ1) is 18.7. The topological polar surface area (TPSA) is 41.6 Å². The summed E-state index contributed by atoms with van der Waals surface area (Å²) in [6, 6.07) is 9.03. The van der Waals surface area contributed by atoms with Crippen molar-refractivity contribution >= 4 is 12.3 Å². The number of allylic oxidation sites excluding steroid dienone is 5. The Hall–Kier alpha value is -2.39. The Morgan fingerprint density at radius 2 is 1.79 bits per heavy atom. The molecule has 0 amide bonds. The lowest BCUT2D eigenvalue weighted by Gasteiger charge is -2.50. The molecule has 3 heteroatoms. The van der Waals surface area contributed by atoms with E-state index in [1.54, 1.807) is 0 Å². The molecule has 39 heavy (non-hydrogen) atoms. The summed E-state index contributed by atoms with van der Waals surface area (Å²) in [5, 5.41) is 0. The van der Waals surface area contributed by atoms with Gasteiger partial charge >= 0.3 is 0 Å². The molecule has 2 rings (SSSR count). The third-order valence-electron chi connectivity index (χ3n) is 8.82. The van der Waals surface area contributed by atoms with E-state index in [2.05, 4.69) is 107 Å². The van der Waals surface area contributed by atoms with Crippen molar-refractivity contribution < 1.29 is 0 Å². The first kappa shape index (κ1) is 32.8. The van der Waals surface area contributed by atoms with Gasteiger partial charge in [0.2, 0.25) is 0 Å². The van der Waals surface area contributed by atoms with Gasteiger partial charge in [0.25, 0.3) is 0 Å². The molecule has 3 nitrogen and oxygen atoms in total. The first-order valence-electron chi connectivity index (χ1n) is 15.4. The number of likely N-dealkylation sites (tertiary alicyclic amines) is 1.